The molecule has 2 N–H and O–H groups in total. The van der Waals surface area contributed by atoms with Crippen LogP contribution in [0.15, 0.2) is 51.5 Å². The van der Waals surface area contributed by atoms with Crippen molar-refractivity contribution in [2.45, 2.75) is 76.2 Å². The Morgan fingerprint density at radius 3 is 2.76 bits per heavy atom. The molecule has 0 bridgehead atoms. The van der Waals surface area contributed by atoms with Gasteiger partial charge in [0.05, 0.1) is 17.2 Å². The molecule has 5 rings (SSSR count). The molecule has 2 fully saturated rings. The first-order valence-electron chi connectivity index (χ1n) is 13.2. The molecule has 0 radical (unpaired) electrons. The summed E-state index contributed by atoms with van der Waals surface area (Å²) < 4.78 is 40.4. The van der Waals surface area contributed by atoms with Crippen LogP contribution in [0.5, 0.6) is 0 Å². The molecule has 6 nitrogen and oxygen atoms in total. The first-order chi connectivity index (χ1) is 18.4. The summed E-state index contributed by atoms with van der Waals surface area (Å²) in [4.78, 5) is 11.3. The smallest absolute Gasteiger partial charge is 0.216 e. The Morgan fingerprint density at radius 2 is 1.95 bits per heavy atom. The van der Waals surface area contributed by atoms with Crippen molar-refractivity contribution in [3.05, 3.63) is 75.4 Å². The topological polar surface area (TPSA) is 86.3 Å². The summed E-state index contributed by atoms with van der Waals surface area (Å²) in [7, 11) is 0. The van der Waals surface area contributed by atoms with E-state index in [0.29, 0.717) is 36.4 Å². The predicted molar refractivity (Wildman–Crippen MR) is 143 cm³/mol. The Balaban J connectivity index is 1.39. The molecule has 1 amide bonds. The van der Waals surface area contributed by atoms with E-state index in [0.717, 1.165) is 59.5 Å². The number of nitrogens with one attached hydrogen (secondary N) is 2. The van der Waals surface area contributed by atoms with Gasteiger partial charge in [-0.2, -0.15) is 0 Å². The molecule has 202 valence electrons. The lowest BCUT2D eigenvalue weighted by Gasteiger charge is -2.26. The van der Waals surface area contributed by atoms with E-state index in [1.54, 1.807) is 6.07 Å². The van der Waals surface area contributed by atoms with Crippen LogP contribution >= 0.6 is 15.9 Å². The molecule has 1 aliphatic carbocycles. The molecule has 9 heteroatoms. The van der Waals surface area contributed by atoms with Crippen LogP contribution in [0, 0.1) is 11.6 Å². The first kappa shape index (κ1) is 27.0. The zero-order valence-electron chi connectivity index (χ0n) is 21.3. The highest BCUT2D eigenvalue weighted by Crippen LogP contribution is 2.42. The second-order valence-electron chi connectivity index (χ2n) is 10.2. The van der Waals surface area contributed by atoms with Crippen LogP contribution in [0.3, 0.4) is 0 Å². The summed E-state index contributed by atoms with van der Waals surface area (Å²) >= 11 is 3.79. The summed E-state index contributed by atoms with van der Waals surface area (Å²) in [6, 6.07) is 12.9. The monoisotopic (exact) mass is 587 g/mol. The van der Waals surface area contributed by atoms with Crippen molar-refractivity contribution < 1.29 is 22.8 Å². The van der Waals surface area contributed by atoms with Crippen LogP contribution < -0.4 is 10.6 Å². The van der Waals surface area contributed by atoms with E-state index in [2.05, 4.69) is 31.7 Å². The van der Waals surface area contributed by atoms with E-state index in [1.807, 2.05) is 24.3 Å². The maximum atomic E-state index is 13.8. The fourth-order valence-corrected chi connectivity index (χ4v) is 6.10. The van der Waals surface area contributed by atoms with Gasteiger partial charge in [0.1, 0.15) is 5.69 Å². The summed E-state index contributed by atoms with van der Waals surface area (Å²) in [5.41, 5.74) is 3.39. The first-order valence-corrected chi connectivity index (χ1v) is 14.0. The lowest BCUT2D eigenvalue weighted by molar-refractivity contribution is -0.118. The Labute approximate surface area is 229 Å². The number of carbonyl (C=O) groups excluding carboxylic acids is 1. The molecule has 4 atom stereocenters. The number of benzene rings is 2. The highest BCUT2D eigenvalue weighted by Gasteiger charge is 2.39. The van der Waals surface area contributed by atoms with E-state index in [-0.39, 0.29) is 24.5 Å². The highest BCUT2D eigenvalue weighted by atomic mass is 79.9. The van der Waals surface area contributed by atoms with Gasteiger partial charge in [0.25, 0.3) is 0 Å². The fraction of sp³-hybridized carbons (Fsp3) is 0.448. The van der Waals surface area contributed by atoms with E-state index in [1.165, 1.54) is 13.0 Å². The van der Waals surface area contributed by atoms with Gasteiger partial charge in [0.2, 0.25) is 5.91 Å². The van der Waals surface area contributed by atoms with Gasteiger partial charge in [-0.25, -0.2) is 8.78 Å². The van der Waals surface area contributed by atoms with Crippen LogP contribution in [0.25, 0.3) is 11.3 Å². The van der Waals surface area contributed by atoms with Crippen molar-refractivity contribution >= 4 is 21.8 Å². The standard InChI is InChI=1S/C29H32BrF2N3O3/c1-17(36)33-14-13-19-5-2-3-6-20(19)29-27(30)28(35-38-29)21-7-4-8-24-25(34-24)11-12-26(21)37-16-18-9-10-22(31)23(32)15-18/h2-3,5-6,9-10,15,21,24-26,34H,4,7-8,11-14,16H2,1H3,(H,33,36). The summed E-state index contributed by atoms with van der Waals surface area (Å²) in [6.07, 6.45) is 5.31. The maximum Gasteiger partial charge on any atom is 0.216 e. The number of hydrogen-bond acceptors (Lipinski definition) is 5. The van der Waals surface area contributed by atoms with Crippen LogP contribution in [0.1, 0.15) is 61.8 Å². The molecule has 4 unspecified atom stereocenters. The van der Waals surface area contributed by atoms with Crippen molar-refractivity contribution in [3.63, 3.8) is 0 Å². The van der Waals surface area contributed by atoms with Crippen LogP contribution in [0.2, 0.25) is 0 Å². The minimum Gasteiger partial charge on any atom is -0.373 e. The molecule has 2 heterocycles. The fourth-order valence-electron chi connectivity index (χ4n) is 5.44. The Morgan fingerprint density at radius 1 is 1.13 bits per heavy atom. The van der Waals surface area contributed by atoms with Gasteiger partial charge < -0.3 is 19.9 Å². The van der Waals surface area contributed by atoms with Gasteiger partial charge in [-0.05, 0) is 71.3 Å². The lowest BCUT2D eigenvalue weighted by Crippen LogP contribution is -2.24. The molecular formula is C29H32BrF2N3O3. The quantitative estimate of drug-likeness (QED) is 0.314. The lowest BCUT2D eigenvalue weighted by atomic mass is 9.89. The predicted octanol–water partition coefficient (Wildman–Crippen LogP) is 6.03. The Hall–Kier alpha value is -2.62. The third kappa shape index (κ3) is 6.33. The largest absolute Gasteiger partial charge is 0.373 e. The Kier molecular flexibility index (Phi) is 8.55. The van der Waals surface area contributed by atoms with Gasteiger partial charge >= 0.3 is 0 Å². The number of halogens is 3. The Bertz CT molecular complexity index is 1280. The molecule has 3 aromatic rings. The maximum absolute atomic E-state index is 13.8. The van der Waals surface area contributed by atoms with Crippen molar-refractivity contribution in [1.82, 2.24) is 15.8 Å². The average molecular weight is 588 g/mol. The number of amides is 1. The molecule has 2 aromatic carbocycles. The van der Waals surface area contributed by atoms with E-state index < -0.39 is 11.6 Å². The summed E-state index contributed by atoms with van der Waals surface area (Å²) in [5, 5.41) is 10.9. The normalized spacial score (nSPS) is 23.2. The molecule has 1 saturated heterocycles. The van der Waals surface area contributed by atoms with E-state index in [9.17, 15) is 13.6 Å². The van der Waals surface area contributed by atoms with Crippen molar-refractivity contribution in [1.29, 1.82) is 0 Å². The molecule has 1 saturated carbocycles. The molecule has 38 heavy (non-hydrogen) atoms. The van der Waals surface area contributed by atoms with E-state index in [4.69, 9.17) is 9.26 Å². The third-order valence-corrected chi connectivity index (χ3v) is 8.30. The van der Waals surface area contributed by atoms with Crippen LogP contribution in [0.4, 0.5) is 8.78 Å². The van der Waals surface area contributed by atoms with E-state index >= 15 is 0 Å². The minimum atomic E-state index is -0.872. The summed E-state index contributed by atoms with van der Waals surface area (Å²) in [6.45, 7) is 2.23. The third-order valence-electron chi connectivity index (χ3n) is 7.54. The number of hydrogen-bond donors (Lipinski definition) is 2. The zero-order chi connectivity index (χ0) is 26.6. The number of rotatable bonds is 8. The van der Waals surface area contributed by atoms with Crippen LogP contribution in [-0.4, -0.2) is 35.8 Å². The molecule has 0 spiro atoms. The number of fused-ring (bicyclic) bond motifs is 1. The van der Waals surface area contributed by atoms with Gasteiger partial charge in [-0.1, -0.05) is 41.9 Å². The average Bonchev–Trinajstić information content (AvgIpc) is 3.53. The molecule has 1 aliphatic heterocycles. The van der Waals surface area contributed by atoms with Crippen molar-refractivity contribution in [2.75, 3.05) is 6.54 Å². The second-order valence-corrected chi connectivity index (χ2v) is 11.0. The van der Waals surface area contributed by atoms with Crippen molar-refractivity contribution in [2.24, 2.45) is 0 Å². The van der Waals surface area contributed by atoms with Gasteiger partial charge in [0.15, 0.2) is 17.4 Å². The van der Waals surface area contributed by atoms with Gasteiger partial charge in [0, 0.05) is 37.0 Å². The second kappa shape index (κ2) is 12.1. The molecular weight excluding hydrogens is 556 g/mol. The molecule has 1 aromatic heterocycles. The van der Waals surface area contributed by atoms with Gasteiger partial charge in [-0.15, -0.1) is 0 Å². The molecule has 2 aliphatic rings. The SMILES string of the molecule is CC(=O)NCCc1ccccc1-c1onc(C2CCCC3NC3CCC2OCc2ccc(F)c(F)c2)c1Br. The van der Waals surface area contributed by atoms with Crippen molar-refractivity contribution in [3.8, 4) is 11.3 Å². The number of aromatic nitrogens is 1. The van der Waals surface area contributed by atoms with Gasteiger partial charge in [-0.3, -0.25) is 4.79 Å². The van der Waals surface area contributed by atoms with Crippen LogP contribution in [-0.2, 0) is 22.6 Å². The number of carbonyl (C=O) groups is 1. The summed E-state index contributed by atoms with van der Waals surface area (Å²) in [5.74, 6) is -1.16. The zero-order valence-corrected chi connectivity index (χ0v) is 22.9. The minimum absolute atomic E-state index is 0.0174. The highest BCUT2D eigenvalue weighted by molar-refractivity contribution is 9.10. The number of nitrogens with zero attached hydrogens (tertiary/aromatic N) is 1. The number of ether oxygens (including phenoxy) is 1.